The van der Waals surface area contributed by atoms with Gasteiger partial charge in [-0.2, -0.15) is 10.2 Å². The lowest BCUT2D eigenvalue weighted by Crippen LogP contribution is -2.34. The molecule has 0 saturated carbocycles. The summed E-state index contributed by atoms with van der Waals surface area (Å²) in [6, 6.07) is 10.4. The fourth-order valence-corrected chi connectivity index (χ4v) is 4.25. The Hall–Kier alpha value is -4.74. The lowest BCUT2D eigenvalue weighted by atomic mass is 9.91. The molecule has 0 spiro atoms. The largest absolute Gasteiger partial charge is 0.349 e. The summed E-state index contributed by atoms with van der Waals surface area (Å²) < 4.78 is 32.5. The lowest BCUT2D eigenvalue weighted by Gasteiger charge is -2.25. The second kappa shape index (κ2) is 9.13. The van der Waals surface area contributed by atoms with Crippen LogP contribution in [0.25, 0.3) is 16.6 Å². The summed E-state index contributed by atoms with van der Waals surface area (Å²) in [5, 5.41) is 19.3. The second-order valence-corrected chi connectivity index (χ2v) is 8.33. The number of hydrogen-bond donors (Lipinski definition) is 0. The SMILES string of the molecule is CC(C(Cn1cncn1)c1ccc(F)cc1F)n1ncc2cc(-c3ccc([N+](=O)[O-])cc3)cn2c1=O. The van der Waals surface area contributed by atoms with Gasteiger partial charge in [-0.25, -0.2) is 23.2 Å². The van der Waals surface area contributed by atoms with Crippen LogP contribution < -0.4 is 5.69 Å². The van der Waals surface area contributed by atoms with Gasteiger partial charge in [-0.05, 0) is 42.3 Å². The number of nitrogens with zero attached hydrogens (tertiary/aromatic N) is 7. The molecule has 0 aliphatic heterocycles. The van der Waals surface area contributed by atoms with Crippen LogP contribution in [0.3, 0.4) is 0 Å². The molecule has 0 radical (unpaired) electrons. The van der Waals surface area contributed by atoms with E-state index in [4.69, 9.17) is 0 Å². The van der Waals surface area contributed by atoms with E-state index in [0.717, 1.165) is 6.07 Å². The normalized spacial score (nSPS) is 13.1. The summed E-state index contributed by atoms with van der Waals surface area (Å²) in [6.45, 7) is 1.90. The van der Waals surface area contributed by atoms with Crippen molar-refractivity contribution in [1.29, 1.82) is 0 Å². The molecule has 36 heavy (non-hydrogen) atoms. The van der Waals surface area contributed by atoms with Crippen molar-refractivity contribution in [3.8, 4) is 11.1 Å². The predicted molar refractivity (Wildman–Crippen MR) is 125 cm³/mol. The first kappa shape index (κ1) is 23.0. The highest BCUT2D eigenvalue weighted by Gasteiger charge is 2.27. The highest BCUT2D eigenvalue weighted by molar-refractivity contribution is 5.70. The molecule has 0 aliphatic rings. The van der Waals surface area contributed by atoms with Gasteiger partial charge in [-0.15, -0.1) is 0 Å². The quantitative estimate of drug-likeness (QED) is 0.251. The van der Waals surface area contributed by atoms with E-state index in [0.29, 0.717) is 16.6 Å². The molecule has 5 aromatic rings. The molecule has 0 saturated heterocycles. The Kier molecular flexibility index (Phi) is 5.84. The van der Waals surface area contributed by atoms with Crippen LogP contribution in [0.2, 0.25) is 0 Å². The minimum Gasteiger partial charge on any atom is -0.266 e. The Morgan fingerprint density at radius 2 is 1.83 bits per heavy atom. The average molecular weight is 491 g/mol. The Balaban J connectivity index is 1.55. The average Bonchev–Trinajstić information content (AvgIpc) is 3.53. The maximum Gasteiger partial charge on any atom is 0.349 e. The molecule has 0 amide bonds. The van der Waals surface area contributed by atoms with Crippen molar-refractivity contribution < 1.29 is 13.7 Å². The standard InChI is InChI=1S/C24H19F2N7O3/c1-15(22(12-30-14-27-13-29-30)21-7-4-18(25)9-23(21)26)32-24(34)31-11-17(8-20(31)10-28-32)16-2-5-19(6-3-16)33(35)36/h2-11,13-15,22H,12H2,1H3. The van der Waals surface area contributed by atoms with Crippen LogP contribution in [0.15, 0.2) is 78.4 Å². The molecule has 2 unspecified atom stereocenters. The number of nitro groups is 1. The Bertz CT molecular complexity index is 1610. The van der Waals surface area contributed by atoms with Gasteiger partial charge in [0.25, 0.3) is 5.69 Å². The number of benzene rings is 2. The van der Waals surface area contributed by atoms with Gasteiger partial charge < -0.3 is 0 Å². The topological polar surface area (TPSA) is 113 Å². The molecule has 0 aliphatic carbocycles. The number of rotatable bonds is 7. The third kappa shape index (κ3) is 4.24. The zero-order valence-electron chi connectivity index (χ0n) is 18.9. The number of aromatic nitrogens is 6. The zero-order chi connectivity index (χ0) is 25.4. The summed E-state index contributed by atoms with van der Waals surface area (Å²) in [5.41, 5.74) is 1.62. The van der Waals surface area contributed by atoms with Crippen LogP contribution in [0, 0.1) is 21.7 Å². The van der Waals surface area contributed by atoms with E-state index in [-0.39, 0.29) is 17.8 Å². The molecule has 2 aromatic carbocycles. The first-order valence-electron chi connectivity index (χ1n) is 10.9. The molecule has 10 nitrogen and oxygen atoms in total. The maximum absolute atomic E-state index is 14.8. The van der Waals surface area contributed by atoms with Crippen LogP contribution in [0.1, 0.15) is 24.4 Å². The first-order chi connectivity index (χ1) is 17.3. The van der Waals surface area contributed by atoms with E-state index in [1.54, 1.807) is 31.3 Å². The molecule has 0 N–H and O–H groups in total. The van der Waals surface area contributed by atoms with Crippen molar-refractivity contribution in [2.24, 2.45) is 0 Å². The van der Waals surface area contributed by atoms with Gasteiger partial charge in [0.15, 0.2) is 0 Å². The van der Waals surface area contributed by atoms with E-state index in [9.17, 15) is 23.7 Å². The number of nitro benzene ring substituents is 1. The molecule has 0 fully saturated rings. The molecule has 0 bridgehead atoms. The summed E-state index contributed by atoms with van der Waals surface area (Å²) >= 11 is 0. The van der Waals surface area contributed by atoms with Crippen molar-refractivity contribution in [3.63, 3.8) is 0 Å². The van der Waals surface area contributed by atoms with Crippen LogP contribution in [-0.2, 0) is 6.54 Å². The maximum atomic E-state index is 14.8. The first-order valence-corrected chi connectivity index (χ1v) is 10.9. The molecular weight excluding hydrogens is 472 g/mol. The van der Waals surface area contributed by atoms with Crippen LogP contribution in [-0.4, -0.2) is 33.9 Å². The monoisotopic (exact) mass is 491 g/mol. The Labute approximate surface area is 202 Å². The number of fused-ring (bicyclic) bond motifs is 1. The second-order valence-electron chi connectivity index (χ2n) is 8.33. The van der Waals surface area contributed by atoms with Gasteiger partial charge in [-0.1, -0.05) is 6.07 Å². The van der Waals surface area contributed by atoms with Gasteiger partial charge in [0.05, 0.1) is 29.2 Å². The number of non-ortho nitro benzene ring substituents is 1. The van der Waals surface area contributed by atoms with E-state index in [2.05, 4.69) is 15.2 Å². The van der Waals surface area contributed by atoms with E-state index < -0.39 is 34.2 Å². The van der Waals surface area contributed by atoms with Gasteiger partial charge in [0.2, 0.25) is 0 Å². The van der Waals surface area contributed by atoms with E-state index in [1.807, 2.05) is 0 Å². The van der Waals surface area contributed by atoms with E-state index in [1.165, 1.54) is 56.9 Å². The number of halogens is 2. The molecular formula is C24H19F2N7O3. The molecule has 3 aromatic heterocycles. The Morgan fingerprint density at radius 1 is 1.06 bits per heavy atom. The zero-order valence-corrected chi connectivity index (χ0v) is 18.9. The van der Waals surface area contributed by atoms with Crippen molar-refractivity contribution in [2.45, 2.75) is 25.4 Å². The molecule has 5 rings (SSSR count). The van der Waals surface area contributed by atoms with Gasteiger partial charge in [0.1, 0.15) is 24.3 Å². The van der Waals surface area contributed by atoms with Gasteiger partial charge >= 0.3 is 5.69 Å². The highest BCUT2D eigenvalue weighted by Crippen LogP contribution is 2.31. The minimum absolute atomic E-state index is 0.0354. The Morgan fingerprint density at radius 3 is 2.50 bits per heavy atom. The van der Waals surface area contributed by atoms with Crippen molar-refractivity contribution in [2.75, 3.05) is 0 Å². The summed E-state index contributed by atoms with van der Waals surface area (Å²) in [5.74, 6) is -2.06. The predicted octanol–water partition coefficient (Wildman–Crippen LogP) is 3.99. The molecule has 182 valence electrons. The summed E-state index contributed by atoms with van der Waals surface area (Å²) in [6.07, 6.45) is 5.96. The smallest absolute Gasteiger partial charge is 0.266 e. The van der Waals surface area contributed by atoms with Crippen LogP contribution >= 0.6 is 0 Å². The number of hydrogen-bond acceptors (Lipinski definition) is 6. The third-order valence-electron chi connectivity index (χ3n) is 6.16. The van der Waals surface area contributed by atoms with Crippen molar-refractivity contribution in [1.82, 2.24) is 28.9 Å². The highest BCUT2D eigenvalue weighted by atomic mass is 19.1. The summed E-state index contributed by atoms with van der Waals surface area (Å²) in [7, 11) is 0. The molecule has 2 atom stereocenters. The fraction of sp³-hybridized carbons (Fsp3) is 0.167. The third-order valence-corrected chi connectivity index (χ3v) is 6.16. The minimum atomic E-state index is -0.734. The molecule has 3 heterocycles. The van der Waals surface area contributed by atoms with Gasteiger partial charge in [-0.3, -0.25) is 19.2 Å². The lowest BCUT2D eigenvalue weighted by molar-refractivity contribution is -0.384. The molecule has 12 heteroatoms. The van der Waals surface area contributed by atoms with Crippen molar-refractivity contribution in [3.05, 3.63) is 111 Å². The van der Waals surface area contributed by atoms with Gasteiger partial charge in [0, 0.05) is 35.9 Å². The fourth-order valence-electron chi connectivity index (χ4n) is 4.25. The van der Waals surface area contributed by atoms with Crippen LogP contribution in [0.5, 0.6) is 0 Å². The van der Waals surface area contributed by atoms with Crippen LogP contribution in [0.4, 0.5) is 14.5 Å². The van der Waals surface area contributed by atoms with Crippen molar-refractivity contribution >= 4 is 11.2 Å². The summed E-state index contributed by atoms with van der Waals surface area (Å²) in [4.78, 5) is 27.8. The van der Waals surface area contributed by atoms with E-state index >= 15 is 0 Å².